The van der Waals surface area contributed by atoms with Crippen LogP contribution in [0, 0.1) is 10.1 Å². The van der Waals surface area contributed by atoms with Crippen molar-refractivity contribution in [3.05, 3.63) is 87.3 Å². The summed E-state index contributed by atoms with van der Waals surface area (Å²) in [5.41, 5.74) is 0.998. The van der Waals surface area contributed by atoms with Gasteiger partial charge in [-0.25, -0.2) is 4.79 Å². The topological polar surface area (TPSA) is 150 Å². The number of aromatic nitrogens is 1. The molecule has 4 aromatic rings. The number of oxazole rings is 1. The smallest absolute Gasteiger partial charge is 0.420 e. The fraction of sp³-hybridized carbons (Fsp3) is 0.0500. The third-order valence-corrected chi connectivity index (χ3v) is 4.34. The Morgan fingerprint density at radius 2 is 1.74 bits per heavy atom. The van der Waals surface area contributed by atoms with Gasteiger partial charge in [-0.05, 0) is 42.5 Å². The fourth-order valence-corrected chi connectivity index (χ4v) is 2.90. The van der Waals surface area contributed by atoms with Gasteiger partial charge < -0.3 is 19.5 Å². The summed E-state index contributed by atoms with van der Waals surface area (Å²) in [4.78, 5) is 46.6. The van der Waals surface area contributed by atoms with Gasteiger partial charge in [-0.3, -0.25) is 24.3 Å². The van der Waals surface area contributed by atoms with Crippen LogP contribution in [-0.4, -0.2) is 21.3 Å². The van der Waals surface area contributed by atoms with Crippen LogP contribution in [-0.2, 0) is 11.3 Å². The van der Waals surface area contributed by atoms with E-state index >= 15 is 0 Å². The number of nitro benzene ring substituents is 1. The lowest BCUT2D eigenvalue weighted by Crippen LogP contribution is -2.24. The number of furan rings is 1. The first-order valence-corrected chi connectivity index (χ1v) is 8.93. The molecule has 4 rings (SSSR count). The first-order valence-electron chi connectivity index (χ1n) is 8.93. The number of non-ortho nitro benzene ring substituents is 1. The molecule has 0 fully saturated rings. The SMILES string of the molecule is O=C(Cn1c(=O)oc2cc([N+](=O)[O-])ccc21)Nc1ccc(NC(=O)c2ccco2)cc1. The van der Waals surface area contributed by atoms with Crippen LogP contribution < -0.4 is 16.4 Å². The largest absolute Gasteiger partial charge is 0.459 e. The molecule has 0 aliphatic rings. The number of amides is 2. The highest BCUT2D eigenvalue weighted by Crippen LogP contribution is 2.20. The molecule has 0 spiro atoms. The number of rotatable bonds is 6. The normalized spacial score (nSPS) is 10.7. The zero-order valence-corrected chi connectivity index (χ0v) is 15.7. The summed E-state index contributed by atoms with van der Waals surface area (Å²) in [6, 6.07) is 13.2. The maximum Gasteiger partial charge on any atom is 0.420 e. The van der Waals surface area contributed by atoms with Crippen molar-refractivity contribution in [2.75, 3.05) is 10.6 Å². The van der Waals surface area contributed by atoms with E-state index in [0.29, 0.717) is 11.4 Å². The minimum Gasteiger partial charge on any atom is -0.459 e. The number of nitro groups is 1. The van der Waals surface area contributed by atoms with Crippen molar-refractivity contribution in [3.63, 3.8) is 0 Å². The molecular formula is C20H14N4O7. The van der Waals surface area contributed by atoms with Crippen LogP contribution in [0.1, 0.15) is 10.6 Å². The van der Waals surface area contributed by atoms with Crippen molar-refractivity contribution in [2.45, 2.75) is 6.54 Å². The Hall–Kier alpha value is -4.67. The van der Waals surface area contributed by atoms with E-state index in [0.717, 1.165) is 10.6 Å². The lowest BCUT2D eigenvalue weighted by atomic mass is 10.2. The van der Waals surface area contributed by atoms with Gasteiger partial charge in [0.05, 0.1) is 22.8 Å². The molecule has 0 saturated carbocycles. The Kier molecular flexibility index (Phi) is 5.06. The van der Waals surface area contributed by atoms with Gasteiger partial charge in [0.1, 0.15) is 6.54 Å². The highest BCUT2D eigenvalue weighted by Gasteiger charge is 2.16. The van der Waals surface area contributed by atoms with Crippen LogP contribution in [0.5, 0.6) is 0 Å². The van der Waals surface area contributed by atoms with Crippen molar-refractivity contribution in [1.82, 2.24) is 4.57 Å². The van der Waals surface area contributed by atoms with Gasteiger partial charge in [-0.2, -0.15) is 0 Å². The number of nitrogens with one attached hydrogen (secondary N) is 2. The maximum atomic E-state index is 12.4. The van der Waals surface area contributed by atoms with Crippen LogP contribution in [0.15, 0.2) is 74.5 Å². The van der Waals surface area contributed by atoms with E-state index < -0.39 is 22.5 Å². The Labute approximate surface area is 173 Å². The molecule has 0 atom stereocenters. The molecule has 0 saturated heterocycles. The van der Waals surface area contributed by atoms with Gasteiger partial charge in [0.2, 0.25) is 5.91 Å². The Balaban J connectivity index is 1.43. The number of benzene rings is 2. The van der Waals surface area contributed by atoms with E-state index in [1.54, 1.807) is 30.3 Å². The van der Waals surface area contributed by atoms with Crippen molar-refractivity contribution >= 4 is 40.0 Å². The number of hydrogen-bond acceptors (Lipinski definition) is 7. The number of carbonyl (C=O) groups is 2. The van der Waals surface area contributed by atoms with Gasteiger partial charge in [0, 0.05) is 17.4 Å². The van der Waals surface area contributed by atoms with Gasteiger partial charge >= 0.3 is 5.76 Å². The highest BCUT2D eigenvalue weighted by molar-refractivity contribution is 6.02. The summed E-state index contributed by atoms with van der Waals surface area (Å²) in [6.45, 7) is -0.347. The van der Waals surface area contributed by atoms with E-state index in [1.165, 1.54) is 24.5 Å². The quantitative estimate of drug-likeness (QED) is 0.358. The molecule has 0 radical (unpaired) electrons. The summed E-state index contributed by atoms with van der Waals surface area (Å²) in [7, 11) is 0. The molecule has 2 heterocycles. The van der Waals surface area contributed by atoms with Crippen molar-refractivity contribution in [2.24, 2.45) is 0 Å². The number of carbonyl (C=O) groups excluding carboxylic acids is 2. The molecule has 2 N–H and O–H groups in total. The average Bonchev–Trinajstić information content (AvgIpc) is 3.38. The van der Waals surface area contributed by atoms with E-state index in [1.807, 2.05) is 0 Å². The minimum atomic E-state index is -0.804. The number of nitrogens with zero attached hydrogens (tertiary/aromatic N) is 2. The monoisotopic (exact) mass is 422 g/mol. The van der Waals surface area contributed by atoms with Crippen molar-refractivity contribution in [3.8, 4) is 0 Å². The van der Waals surface area contributed by atoms with Gasteiger partial charge in [0.15, 0.2) is 11.3 Å². The van der Waals surface area contributed by atoms with E-state index in [9.17, 15) is 24.5 Å². The van der Waals surface area contributed by atoms with Crippen LogP contribution in [0.2, 0.25) is 0 Å². The van der Waals surface area contributed by atoms with Crippen LogP contribution in [0.3, 0.4) is 0 Å². The molecule has 0 unspecified atom stereocenters. The molecule has 0 aliphatic carbocycles. The summed E-state index contributed by atoms with van der Waals surface area (Å²) in [5, 5.41) is 16.1. The second kappa shape index (κ2) is 7.99. The predicted molar refractivity (Wildman–Crippen MR) is 109 cm³/mol. The maximum absolute atomic E-state index is 12.4. The van der Waals surface area contributed by atoms with Crippen LogP contribution in [0.25, 0.3) is 11.1 Å². The van der Waals surface area contributed by atoms with E-state index in [-0.39, 0.29) is 29.1 Å². The van der Waals surface area contributed by atoms with Gasteiger partial charge in [-0.1, -0.05) is 0 Å². The molecule has 156 valence electrons. The molecule has 2 amide bonds. The predicted octanol–water partition coefficient (Wildman–Crippen LogP) is 2.99. The minimum absolute atomic E-state index is 0.0173. The first kappa shape index (κ1) is 19.6. The first-order chi connectivity index (χ1) is 14.9. The zero-order valence-electron chi connectivity index (χ0n) is 15.7. The van der Waals surface area contributed by atoms with Crippen LogP contribution in [0.4, 0.5) is 17.1 Å². The molecule has 2 aromatic carbocycles. The molecule has 0 aliphatic heterocycles. The lowest BCUT2D eigenvalue weighted by Gasteiger charge is -2.08. The summed E-state index contributed by atoms with van der Waals surface area (Å²) < 4.78 is 11.1. The molecule has 11 nitrogen and oxygen atoms in total. The standard InChI is InChI=1S/C20H14N4O7/c25-18(11-23-15-8-7-14(24(28)29)10-17(15)31-20(23)27)21-12-3-5-13(6-4-12)22-19(26)16-2-1-9-30-16/h1-10H,11H2,(H,21,25)(H,22,26). The highest BCUT2D eigenvalue weighted by atomic mass is 16.6. The van der Waals surface area contributed by atoms with Gasteiger partial charge in [-0.15, -0.1) is 0 Å². The third kappa shape index (κ3) is 4.19. The van der Waals surface area contributed by atoms with Crippen molar-refractivity contribution in [1.29, 1.82) is 0 Å². The fourth-order valence-electron chi connectivity index (χ4n) is 2.90. The summed E-state index contributed by atoms with van der Waals surface area (Å²) in [6.07, 6.45) is 1.39. The summed E-state index contributed by atoms with van der Waals surface area (Å²) in [5.74, 6) is -1.55. The van der Waals surface area contributed by atoms with E-state index in [2.05, 4.69) is 10.6 Å². The molecule has 2 aromatic heterocycles. The zero-order chi connectivity index (χ0) is 22.0. The number of hydrogen-bond donors (Lipinski definition) is 2. The summed E-state index contributed by atoms with van der Waals surface area (Å²) >= 11 is 0. The van der Waals surface area contributed by atoms with E-state index in [4.69, 9.17) is 8.83 Å². The lowest BCUT2D eigenvalue weighted by molar-refractivity contribution is -0.384. The average molecular weight is 422 g/mol. The molecule has 0 bridgehead atoms. The van der Waals surface area contributed by atoms with Gasteiger partial charge in [0.25, 0.3) is 11.6 Å². The Morgan fingerprint density at radius 1 is 1.03 bits per heavy atom. The van der Waals surface area contributed by atoms with Crippen molar-refractivity contribution < 1.29 is 23.3 Å². The Morgan fingerprint density at radius 3 is 2.39 bits per heavy atom. The second-order valence-electron chi connectivity index (χ2n) is 6.42. The Bertz CT molecular complexity index is 1330. The number of anilines is 2. The third-order valence-electron chi connectivity index (χ3n) is 4.34. The second-order valence-corrected chi connectivity index (χ2v) is 6.42. The number of fused-ring (bicyclic) bond motifs is 1. The molecule has 11 heteroatoms. The molecular weight excluding hydrogens is 408 g/mol. The molecule has 31 heavy (non-hydrogen) atoms. The van der Waals surface area contributed by atoms with Crippen LogP contribution >= 0.6 is 0 Å².